The van der Waals surface area contributed by atoms with E-state index in [0.717, 1.165) is 17.1 Å². The van der Waals surface area contributed by atoms with Crippen LogP contribution < -0.4 is 14.8 Å². The molecular weight excluding hydrogens is 328 g/mol. The standard InChI is InChI=1S/C18H20N2O3.ClH/c1-20(2)15(11-19-18(21)13-6-4-3-5-7-13)14-8-9-16-17(10-14)23-12-22-16;/h3-10,15H,11-12H2,1-2H3,(H,19,21);1H. The van der Waals surface area contributed by atoms with Crippen LogP contribution in [0.4, 0.5) is 0 Å². The van der Waals surface area contributed by atoms with Crippen molar-refractivity contribution in [2.24, 2.45) is 0 Å². The van der Waals surface area contributed by atoms with Gasteiger partial charge in [-0.2, -0.15) is 0 Å². The van der Waals surface area contributed by atoms with Crippen LogP contribution >= 0.6 is 12.4 Å². The average Bonchev–Trinajstić information content (AvgIpc) is 3.03. The third-order valence-corrected chi connectivity index (χ3v) is 3.90. The molecule has 0 spiro atoms. The molecule has 1 unspecified atom stereocenters. The molecule has 1 N–H and O–H groups in total. The molecule has 2 aromatic carbocycles. The zero-order chi connectivity index (χ0) is 16.2. The van der Waals surface area contributed by atoms with Crippen LogP contribution in [-0.2, 0) is 0 Å². The smallest absolute Gasteiger partial charge is 0.251 e. The maximum atomic E-state index is 12.2. The Morgan fingerprint density at radius 1 is 1.12 bits per heavy atom. The van der Waals surface area contributed by atoms with Gasteiger partial charge < -0.3 is 19.7 Å². The molecule has 24 heavy (non-hydrogen) atoms. The van der Waals surface area contributed by atoms with E-state index in [1.165, 1.54) is 0 Å². The molecule has 1 aliphatic rings. The predicted octanol–water partition coefficient (Wildman–Crippen LogP) is 2.87. The van der Waals surface area contributed by atoms with Crippen molar-refractivity contribution in [3.63, 3.8) is 0 Å². The van der Waals surface area contributed by atoms with Crippen molar-refractivity contribution in [3.05, 3.63) is 59.7 Å². The minimum Gasteiger partial charge on any atom is -0.454 e. The van der Waals surface area contributed by atoms with Gasteiger partial charge in [0.05, 0.1) is 6.04 Å². The number of likely N-dealkylation sites (N-methyl/N-ethyl adjacent to an activating group) is 1. The fourth-order valence-electron chi connectivity index (χ4n) is 2.60. The summed E-state index contributed by atoms with van der Waals surface area (Å²) in [6.07, 6.45) is 0. The molecule has 1 atom stereocenters. The molecule has 1 aliphatic heterocycles. The number of benzene rings is 2. The Labute approximate surface area is 148 Å². The molecule has 0 saturated heterocycles. The predicted molar refractivity (Wildman–Crippen MR) is 95.0 cm³/mol. The van der Waals surface area contributed by atoms with Crippen molar-refractivity contribution in [1.29, 1.82) is 0 Å². The van der Waals surface area contributed by atoms with E-state index in [2.05, 4.69) is 10.2 Å². The molecule has 5 nitrogen and oxygen atoms in total. The molecule has 128 valence electrons. The van der Waals surface area contributed by atoms with E-state index in [0.29, 0.717) is 12.1 Å². The molecule has 0 fully saturated rings. The van der Waals surface area contributed by atoms with Crippen molar-refractivity contribution < 1.29 is 14.3 Å². The molecule has 0 saturated carbocycles. The lowest BCUT2D eigenvalue weighted by atomic mass is 10.0. The first-order valence-electron chi connectivity index (χ1n) is 7.54. The summed E-state index contributed by atoms with van der Waals surface area (Å²) in [5.41, 5.74) is 1.74. The summed E-state index contributed by atoms with van der Waals surface area (Å²) in [5, 5.41) is 2.99. The first-order chi connectivity index (χ1) is 11.1. The maximum Gasteiger partial charge on any atom is 0.251 e. The van der Waals surface area contributed by atoms with Crippen LogP contribution in [0.5, 0.6) is 11.5 Å². The summed E-state index contributed by atoms with van der Waals surface area (Å²) in [5.74, 6) is 1.45. The van der Waals surface area contributed by atoms with Crippen molar-refractivity contribution in [2.45, 2.75) is 6.04 Å². The van der Waals surface area contributed by atoms with Gasteiger partial charge in [-0.1, -0.05) is 24.3 Å². The SMILES string of the molecule is CN(C)C(CNC(=O)c1ccccc1)c1ccc2c(c1)OCO2.Cl. The van der Waals surface area contributed by atoms with Crippen LogP contribution in [0.15, 0.2) is 48.5 Å². The molecular formula is C18H21ClN2O3. The number of amides is 1. The van der Waals surface area contributed by atoms with Crippen molar-refractivity contribution in [2.75, 3.05) is 27.4 Å². The van der Waals surface area contributed by atoms with Crippen LogP contribution in [-0.4, -0.2) is 38.2 Å². The van der Waals surface area contributed by atoms with E-state index in [9.17, 15) is 4.79 Å². The highest BCUT2D eigenvalue weighted by atomic mass is 35.5. The third kappa shape index (κ3) is 3.99. The first-order valence-corrected chi connectivity index (χ1v) is 7.54. The van der Waals surface area contributed by atoms with Gasteiger partial charge in [0.2, 0.25) is 6.79 Å². The second-order valence-electron chi connectivity index (χ2n) is 5.67. The van der Waals surface area contributed by atoms with Gasteiger partial charge in [0.15, 0.2) is 11.5 Å². The Morgan fingerprint density at radius 3 is 2.54 bits per heavy atom. The van der Waals surface area contributed by atoms with Crippen LogP contribution in [0, 0.1) is 0 Å². The highest BCUT2D eigenvalue weighted by Crippen LogP contribution is 2.34. The fraction of sp³-hybridized carbons (Fsp3) is 0.278. The molecule has 0 aliphatic carbocycles. The van der Waals surface area contributed by atoms with E-state index in [-0.39, 0.29) is 31.1 Å². The van der Waals surface area contributed by atoms with Gasteiger partial charge in [-0.25, -0.2) is 0 Å². The number of hydrogen-bond donors (Lipinski definition) is 1. The molecule has 0 aromatic heterocycles. The molecule has 1 heterocycles. The number of rotatable bonds is 5. The lowest BCUT2D eigenvalue weighted by Gasteiger charge is -2.25. The largest absolute Gasteiger partial charge is 0.454 e. The highest BCUT2D eigenvalue weighted by molar-refractivity contribution is 5.94. The fourth-order valence-corrected chi connectivity index (χ4v) is 2.60. The van der Waals surface area contributed by atoms with Crippen LogP contribution in [0.25, 0.3) is 0 Å². The second kappa shape index (κ2) is 8.04. The summed E-state index contributed by atoms with van der Waals surface area (Å²) in [6, 6.07) is 15.2. The van der Waals surface area contributed by atoms with E-state index < -0.39 is 0 Å². The number of hydrogen-bond acceptors (Lipinski definition) is 4. The number of carbonyl (C=O) groups is 1. The van der Waals surface area contributed by atoms with Gasteiger partial charge in [0.25, 0.3) is 5.91 Å². The average molecular weight is 349 g/mol. The van der Waals surface area contributed by atoms with Gasteiger partial charge in [0, 0.05) is 12.1 Å². The monoisotopic (exact) mass is 348 g/mol. The summed E-state index contributed by atoms with van der Waals surface area (Å²) in [6.45, 7) is 0.774. The van der Waals surface area contributed by atoms with E-state index in [1.54, 1.807) is 12.1 Å². The molecule has 0 bridgehead atoms. The minimum absolute atomic E-state index is 0. The van der Waals surface area contributed by atoms with E-state index in [1.807, 2.05) is 50.5 Å². The number of fused-ring (bicyclic) bond motifs is 1. The van der Waals surface area contributed by atoms with Crippen LogP contribution in [0.2, 0.25) is 0 Å². The van der Waals surface area contributed by atoms with Gasteiger partial charge in [-0.15, -0.1) is 12.4 Å². The Kier molecular flexibility index (Phi) is 6.06. The molecule has 0 radical (unpaired) electrons. The summed E-state index contributed by atoms with van der Waals surface area (Å²) in [4.78, 5) is 14.3. The Bertz CT molecular complexity index is 692. The zero-order valence-electron chi connectivity index (χ0n) is 13.7. The van der Waals surface area contributed by atoms with Crippen molar-refractivity contribution in [3.8, 4) is 11.5 Å². The molecule has 1 amide bonds. The number of nitrogens with one attached hydrogen (secondary N) is 1. The minimum atomic E-state index is -0.0711. The normalized spacial score (nSPS) is 13.3. The lowest BCUT2D eigenvalue weighted by Crippen LogP contribution is -2.34. The summed E-state index contributed by atoms with van der Waals surface area (Å²) < 4.78 is 10.8. The van der Waals surface area contributed by atoms with Gasteiger partial charge in [0.1, 0.15) is 0 Å². The van der Waals surface area contributed by atoms with E-state index >= 15 is 0 Å². The number of carbonyl (C=O) groups excluding carboxylic acids is 1. The Morgan fingerprint density at radius 2 is 1.83 bits per heavy atom. The molecule has 3 rings (SSSR count). The van der Waals surface area contributed by atoms with Crippen LogP contribution in [0.1, 0.15) is 22.0 Å². The topological polar surface area (TPSA) is 50.8 Å². The number of ether oxygens (including phenoxy) is 2. The van der Waals surface area contributed by atoms with Gasteiger partial charge >= 0.3 is 0 Å². The number of halogens is 1. The summed E-state index contributed by atoms with van der Waals surface area (Å²) >= 11 is 0. The zero-order valence-corrected chi connectivity index (χ0v) is 14.5. The maximum absolute atomic E-state index is 12.2. The Balaban J connectivity index is 0.00000208. The summed E-state index contributed by atoms with van der Waals surface area (Å²) in [7, 11) is 3.98. The number of nitrogens with zero attached hydrogens (tertiary/aromatic N) is 1. The molecule has 2 aromatic rings. The first kappa shape index (κ1) is 18.1. The third-order valence-electron chi connectivity index (χ3n) is 3.90. The van der Waals surface area contributed by atoms with E-state index in [4.69, 9.17) is 9.47 Å². The van der Waals surface area contributed by atoms with Crippen LogP contribution in [0.3, 0.4) is 0 Å². The van der Waals surface area contributed by atoms with Gasteiger partial charge in [-0.05, 0) is 43.9 Å². The van der Waals surface area contributed by atoms with Crippen molar-refractivity contribution >= 4 is 18.3 Å². The highest BCUT2D eigenvalue weighted by Gasteiger charge is 2.20. The quantitative estimate of drug-likeness (QED) is 0.902. The van der Waals surface area contributed by atoms with Crippen molar-refractivity contribution in [1.82, 2.24) is 10.2 Å². The molecule has 6 heteroatoms. The second-order valence-corrected chi connectivity index (χ2v) is 5.67. The Hall–Kier alpha value is -2.24. The van der Waals surface area contributed by atoms with Gasteiger partial charge in [-0.3, -0.25) is 4.79 Å². The lowest BCUT2D eigenvalue weighted by molar-refractivity contribution is 0.0942.